The quantitative estimate of drug-likeness (QED) is 0.873. The lowest BCUT2D eigenvalue weighted by atomic mass is 9.87. The van der Waals surface area contributed by atoms with Crippen molar-refractivity contribution in [3.8, 4) is 0 Å². The molecule has 0 bridgehead atoms. The van der Waals surface area contributed by atoms with Crippen LogP contribution < -0.4 is 5.32 Å². The third kappa shape index (κ3) is 2.97. The second kappa shape index (κ2) is 5.80. The standard InChI is InChI=1S/C13H19ClFNO/c1-5-13(2,17-4)12(16-3)10-8-9(15)6-7-11(10)14/h6-8,12,16H,5H2,1-4H3. The van der Waals surface area contributed by atoms with E-state index in [1.54, 1.807) is 13.2 Å². The van der Waals surface area contributed by atoms with E-state index < -0.39 is 5.60 Å². The molecule has 1 rings (SSSR count). The third-order valence-corrected chi connectivity index (χ3v) is 3.68. The topological polar surface area (TPSA) is 21.3 Å². The van der Waals surface area contributed by atoms with Crippen LogP contribution in [0.2, 0.25) is 5.02 Å². The molecule has 0 amide bonds. The number of likely N-dealkylation sites (N-methyl/N-ethyl adjacent to an activating group) is 1. The van der Waals surface area contributed by atoms with Crippen LogP contribution in [0.3, 0.4) is 0 Å². The van der Waals surface area contributed by atoms with E-state index in [0.717, 1.165) is 12.0 Å². The molecule has 0 aliphatic rings. The molecule has 0 fully saturated rings. The highest BCUT2D eigenvalue weighted by Gasteiger charge is 2.34. The van der Waals surface area contributed by atoms with Gasteiger partial charge in [-0.05, 0) is 44.2 Å². The minimum Gasteiger partial charge on any atom is -0.377 e. The molecule has 0 aromatic heterocycles. The average Bonchev–Trinajstić information content (AvgIpc) is 2.34. The van der Waals surface area contributed by atoms with Crippen LogP contribution in [0.25, 0.3) is 0 Å². The molecule has 17 heavy (non-hydrogen) atoms. The van der Waals surface area contributed by atoms with Gasteiger partial charge < -0.3 is 10.1 Å². The highest BCUT2D eigenvalue weighted by molar-refractivity contribution is 6.31. The van der Waals surface area contributed by atoms with E-state index in [0.29, 0.717) is 5.02 Å². The van der Waals surface area contributed by atoms with Crippen molar-refractivity contribution in [1.82, 2.24) is 5.32 Å². The lowest BCUT2D eigenvalue weighted by Gasteiger charge is -2.36. The summed E-state index contributed by atoms with van der Waals surface area (Å²) >= 11 is 6.13. The molecule has 4 heteroatoms. The van der Waals surface area contributed by atoms with Crippen LogP contribution in [0.5, 0.6) is 0 Å². The molecule has 1 aromatic carbocycles. The summed E-state index contributed by atoms with van der Waals surface area (Å²) in [5.74, 6) is -0.292. The lowest BCUT2D eigenvalue weighted by molar-refractivity contribution is -0.0280. The molecular weight excluding hydrogens is 241 g/mol. The molecule has 0 aliphatic heterocycles. The summed E-state index contributed by atoms with van der Waals surface area (Å²) in [5.41, 5.74) is 0.298. The van der Waals surface area contributed by atoms with Crippen LogP contribution in [0.4, 0.5) is 4.39 Å². The van der Waals surface area contributed by atoms with Crippen molar-refractivity contribution in [2.45, 2.75) is 31.9 Å². The minimum atomic E-state index is -0.424. The maximum absolute atomic E-state index is 13.3. The van der Waals surface area contributed by atoms with Crippen molar-refractivity contribution in [3.05, 3.63) is 34.6 Å². The maximum atomic E-state index is 13.3. The summed E-state index contributed by atoms with van der Waals surface area (Å²) in [6.45, 7) is 4.01. The Morgan fingerprint density at radius 2 is 2.18 bits per heavy atom. The first kappa shape index (κ1) is 14.4. The highest BCUT2D eigenvalue weighted by Crippen LogP contribution is 2.35. The van der Waals surface area contributed by atoms with Gasteiger partial charge in [0.05, 0.1) is 11.6 Å². The zero-order valence-corrected chi connectivity index (χ0v) is 11.4. The molecule has 2 atom stereocenters. The van der Waals surface area contributed by atoms with Crippen molar-refractivity contribution in [3.63, 3.8) is 0 Å². The fraction of sp³-hybridized carbons (Fsp3) is 0.538. The highest BCUT2D eigenvalue weighted by atomic mass is 35.5. The normalized spacial score (nSPS) is 16.6. The summed E-state index contributed by atoms with van der Waals surface area (Å²) < 4.78 is 18.9. The number of hydrogen-bond donors (Lipinski definition) is 1. The Hall–Kier alpha value is -0.640. The van der Waals surface area contributed by atoms with Crippen LogP contribution in [-0.4, -0.2) is 19.8 Å². The SMILES string of the molecule is CCC(C)(OC)C(NC)c1cc(F)ccc1Cl. The van der Waals surface area contributed by atoms with Crippen molar-refractivity contribution < 1.29 is 9.13 Å². The van der Waals surface area contributed by atoms with Crippen LogP contribution >= 0.6 is 11.6 Å². The third-order valence-electron chi connectivity index (χ3n) is 3.34. The fourth-order valence-electron chi connectivity index (χ4n) is 1.99. The summed E-state index contributed by atoms with van der Waals surface area (Å²) in [6.07, 6.45) is 0.794. The second-order valence-electron chi connectivity index (χ2n) is 4.26. The average molecular weight is 260 g/mol. The molecule has 1 aromatic rings. The van der Waals surface area contributed by atoms with Crippen LogP contribution in [0.1, 0.15) is 31.9 Å². The van der Waals surface area contributed by atoms with Crippen molar-refractivity contribution >= 4 is 11.6 Å². The van der Waals surface area contributed by atoms with Crippen molar-refractivity contribution in [1.29, 1.82) is 0 Å². The number of benzene rings is 1. The monoisotopic (exact) mass is 259 g/mol. The molecule has 0 aliphatic carbocycles. The molecule has 0 saturated heterocycles. The maximum Gasteiger partial charge on any atom is 0.123 e. The Morgan fingerprint density at radius 3 is 2.65 bits per heavy atom. The largest absolute Gasteiger partial charge is 0.377 e. The first-order valence-electron chi connectivity index (χ1n) is 5.66. The van der Waals surface area contributed by atoms with Gasteiger partial charge in [0.2, 0.25) is 0 Å². The van der Waals surface area contributed by atoms with Gasteiger partial charge >= 0.3 is 0 Å². The molecule has 0 saturated carbocycles. The first-order chi connectivity index (χ1) is 7.98. The van der Waals surface area contributed by atoms with Gasteiger partial charge in [-0.2, -0.15) is 0 Å². The van der Waals surface area contributed by atoms with Gasteiger partial charge in [-0.25, -0.2) is 4.39 Å². The van der Waals surface area contributed by atoms with Gasteiger partial charge in [0.25, 0.3) is 0 Å². The fourth-order valence-corrected chi connectivity index (χ4v) is 2.22. The summed E-state index contributed by atoms with van der Waals surface area (Å²) in [4.78, 5) is 0. The number of hydrogen-bond acceptors (Lipinski definition) is 2. The second-order valence-corrected chi connectivity index (χ2v) is 4.67. The number of rotatable bonds is 5. The zero-order chi connectivity index (χ0) is 13.1. The van der Waals surface area contributed by atoms with E-state index in [4.69, 9.17) is 16.3 Å². The molecule has 0 heterocycles. The number of methoxy groups -OCH3 is 1. The number of ether oxygens (including phenoxy) is 1. The zero-order valence-electron chi connectivity index (χ0n) is 10.7. The smallest absolute Gasteiger partial charge is 0.123 e. The van der Waals surface area contributed by atoms with Crippen LogP contribution in [0, 0.1) is 5.82 Å². The Labute approximate surface area is 107 Å². The Kier molecular flexibility index (Phi) is 4.92. The predicted octanol–water partition coefficient (Wildman–Crippen LogP) is 3.55. The minimum absolute atomic E-state index is 0.152. The summed E-state index contributed by atoms with van der Waals surface area (Å²) in [7, 11) is 3.47. The predicted molar refractivity (Wildman–Crippen MR) is 68.9 cm³/mol. The van der Waals surface area contributed by atoms with E-state index in [-0.39, 0.29) is 11.9 Å². The Morgan fingerprint density at radius 1 is 1.53 bits per heavy atom. The first-order valence-corrected chi connectivity index (χ1v) is 6.03. The van der Waals surface area contributed by atoms with Gasteiger partial charge in [0.1, 0.15) is 5.82 Å². The number of halogens is 2. The molecule has 96 valence electrons. The van der Waals surface area contributed by atoms with Crippen LogP contribution in [0.15, 0.2) is 18.2 Å². The molecule has 0 radical (unpaired) electrons. The van der Waals surface area contributed by atoms with Gasteiger partial charge in [0.15, 0.2) is 0 Å². The van der Waals surface area contributed by atoms with Crippen molar-refractivity contribution in [2.24, 2.45) is 0 Å². The van der Waals surface area contributed by atoms with Gasteiger partial charge in [-0.15, -0.1) is 0 Å². The van der Waals surface area contributed by atoms with E-state index >= 15 is 0 Å². The van der Waals surface area contributed by atoms with Crippen LogP contribution in [-0.2, 0) is 4.74 Å². The summed E-state index contributed by atoms with van der Waals surface area (Å²) in [6, 6.07) is 4.23. The van der Waals surface area contributed by atoms with Gasteiger partial charge in [-0.1, -0.05) is 18.5 Å². The van der Waals surface area contributed by atoms with E-state index in [1.165, 1.54) is 12.1 Å². The molecule has 1 N–H and O–H groups in total. The lowest BCUT2D eigenvalue weighted by Crippen LogP contribution is -2.41. The van der Waals surface area contributed by atoms with Gasteiger partial charge in [-0.3, -0.25) is 0 Å². The summed E-state index contributed by atoms with van der Waals surface area (Å²) in [5, 5.41) is 3.70. The van der Waals surface area contributed by atoms with E-state index in [1.807, 2.05) is 20.9 Å². The molecule has 2 nitrogen and oxygen atoms in total. The van der Waals surface area contributed by atoms with E-state index in [2.05, 4.69) is 5.32 Å². The Bertz CT molecular complexity index is 380. The van der Waals surface area contributed by atoms with E-state index in [9.17, 15) is 4.39 Å². The molecular formula is C13H19ClFNO. The Balaban J connectivity index is 3.21. The van der Waals surface area contributed by atoms with Crippen molar-refractivity contribution in [2.75, 3.05) is 14.2 Å². The molecule has 2 unspecified atom stereocenters. The number of nitrogens with one attached hydrogen (secondary N) is 1. The van der Waals surface area contributed by atoms with Gasteiger partial charge in [0, 0.05) is 12.1 Å². The molecule has 0 spiro atoms.